The Balaban J connectivity index is 2.15. The topological polar surface area (TPSA) is 33.2 Å². The first-order valence-corrected chi connectivity index (χ1v) is 6.79. The van der Waals surface area contributed by atoms with Crippen molar-refractivity contribution < 1.29 is 4.79 Å². The second-order valence-electron chi connectivity index (χ2n) is 4.29. The van der Waals surface area contributed by atoms with Gasteiger partial charge in [0.25, 0.3) is 0 Å². The SMILES string of the molecule is CCc1nc(N2CCC(CC)C2)sc1C=O. The minimum atomic E-state index is 0.800. The number of hydrogen-bond acceptors (Lipinski definition) is 4. The summed E-state index contributed by atoms with van der Waals surface area (Å²) in [4.78, 5) is 18.6. The van der Waals surface area contributed by atoms with Gasteiger partial charge in [-0.1, -0.05) is 31.6 Å². The molecule has 1 aliphatic heterocycles. The van der Waals surface area contributed by atoms with Crippen molar-refractivity contribution in [1.82, 2.24) is 4.98 Å². The van der Waals surface area contributed by atoms with E-state index in [1.165, 1.54) is 12.8 Å². The number of aryl methyl sites for hydroxylation is 1. The molecule has 0 bridgehead atoms. The van der Waals surface area contributed by atoms with E-state index in [4.69, 9.17) is 0 Å². The standard InChI is InChI=1S/C12H18N2OS/c1-3-9-5-6-14(7-9)12-13-10(4-2)11(8-15)16-12/h8-9H,3-7H2,1-2H3. The Morgan fingerprint density at radius 1 is 1.56 bits per heavy atom. The molecule has 0 amide bonds. The molecule has 1 aromatic rings. The van der Waals surface area contributed by atoms with Crippen LogP contribution in [0.15, 0.2) is 0 Å². The van der Waals surface area contributed by atoms with Crippen molar-refractivity contribution in [3.05, 3.63) is 10.6 Å². The van der Waals surface area contributed by atoms with Gasteiger partial charge in [0.1, 0.15) is 0 Å². The summed E-state index contributed by atoms with van der Waals surface area (Å²) in [6.45, 7) is 6.48. The van der Waals surface area contributed by atoms with Gasteiger partial charge in [-0.25, -0.2) is 4.98 Å². The highest BCUT2D eigenvalue weighted by Crippen LogP contribution is 2.30. The first-order valence-electron chi connectivity index (χ1n) is 5.98. The van der Waals surface area contributed by atoms with E-state index in [2.05, 4.69) is 16.8 Å². The molecule has 1 saturated heterocycles. The van der Waals surface area contributed by atoms with Crippen molar-refractivity contribution in [1.29, 1.82) is 0 Å². The number of aldehydes is 1. The zero-order valence-electron chi connectivity index (χ0n) is 9.90. The lowest BCUT2D eigenvalue weighted by atomic mass is 10.1. The predicted molar refractivity (Wildman–Crippen MR) is 67.5 cm³/mol. The Kier molecular flexibility index (Phi) is 3.59. The maximum atomic E-state index is 10.9. The summed E-state index contributed by atoms with van der Waals surface area (Å²) in [5.41, 5.74) is 0.954. The van der Waals surface area contributed by atoms with E-state index in [1.807, 2.05) is 6.92 Å². The number of rotatable bonds is 4. The number of carbonyl (C=O) groups is 1. The molecule has 2 heterocycles. The van der Waals surface area contributed by atoms with Crippen LogP contribution in [0.5, 0.6) is 0 Å². The van der Waals surface area contributed by atoms with Crippen LogP contribution in [0, 0.1) is 5.92 Å². The van der Waals surface area contributed by atoms with Crippen LogP contribution in [-0.2, 0) is 6.42 Å². The van der Waals surface area contributed by atoms with Crippen LogP contribution in [0.25, 0.3) is 0 Å². The van der Waals surface area contributed by atoms with E-state index >= 15 is 0 Å². The van der Waals surface area contributed by atoms with Gasteiger partial charge in [-0.15, -0.1) is 0 Å². The summed E-state index contributed by atoms with van der Waals surface area (Å²) < 4.78 is 0. The average Bonchev–Trinajstić information content (AvgIpc) is 2.94. The maximum absolute atomic E-state index is 10.9. The first kappa shape index (κ1) is 11.6. The fourth-order valence-corrected chi connectivity index (χ4v) is 3.17. The normalized spacial score (nSPS) is 20.4. The lowest BCUT2D eigenvalue weighted by molar-refractivity contribution is 0.112. The molecule has 3 nitrogen and oxygen atoms in total. The lowest BCUT2D eigenvalue weighted by Gasteiger charge is -2.13. The van der Waals surface area contributed by atoms with E-state index in [0.29, 0.717) is 0 Å². The lowest BCUT2D eigenvalue weighted by Crippen LogP contribution is -2.19. The van der Waals surface area contributed by atoms with E-state index < -0.39 is 0 Å². The number of anilines is 1. The van der Waals surface area contributed by atoms with Crippen molar-refractivity contribution >= 4 is 22.8 Å². The Morgan fingerprint density at radius 3 is 2.88 bits per heavy atom. The molecule has 1 unspecified atom stereocenters. The quantitative estimate of drug-likeness (QED) is 0.756. The average molecular weight is 238 g/mol. The van der Waals surface area contributed by atoms with Crippen LogP contribution in [0.1, 0.15) is 42.1 Å². The van der Waals surface area contributed by atoms with Gasteiger partial charge in [-0.05, 0) is 18.8 Å². The van der Waals surface area contributed by atoms with Crippen molar-refractivity contribution in [2.45, 2.75) is 33.1 Å². The Morgan fingerprint density at radius 2 is 2.38 bits per heavy atom. The molecular weight excluding hydrogens is 220 g/mol. The van der Waals surface area contributed by atoms with Crippen molar-refractivity contribution in [2.75, 3.05) is 18.0 Å². The summed E-state index contributed by atoms with van der Waals surface area (Å²) in [7, 11) is 0. The van der Waals surface area contributed by atoms with Crippen LogP contribution in [0.2, 0.25) is 0 Å². The van der Waals surface area contributed by atoms with Gasteiger partial charge >= 0.3 is 0 Å². The van der Waals surface area contributed by atoms with Gasteiger partial charge in [0.2, 0.25) is 0 Å². The third kappa shape index (κ3) is 2.12. The fourth-order valence-electron chi connectivity index (χ4n) is 2.17. The van der Waals surface area contributed by atoms with Crippen LogP contribution >= 0.6 is 11.3 Å². The third-order valence-corrected chi connectivity index (χ3v) is 4.38. The molecule has 4 heteroatoms. The zero-order valence-corrected chi connectivity index (χ0v) is 10.7. The molecule has 1 atom stereocenters. The van der Waals surface area contributed by atoms with Crippen molar-refractivity contribution in [3.63, 3.8) is 0 Å². The molecule has 0 saturated carbocycles. The maximum Gasteiger partial charge on any atom is 0.186 e. The minimum Gasteiger partial charge on any atom is -0.348 e. The molecule has 0 spiro atoms. The molecule has 1 aromatic heterocycles. The number of thiazole rings is 1. The number of aromatic nitrogens is 1. The predicted octanol–water partition coefficient (Wildman–Crippen LogP) is 2.75. The fraction of sp³-hybridized carbons (Fsp3) is 0.667. The van der Waals surface area contributed by atoms with Crippen molar-refractivity contribution in [3.8, 4) is 0 Å². The molecule has 0 aliphatic carbocycles. The molecule has 0 N–H and O–H groups in total. The van der Waals surface area contributed by atoms with Gasteiger partial charge in [-0.2, -0.15) is 0 Å². The summed E-state index contributed by atoms with van der Waals surface area (Å²) in [6, 6.07) is 0. The number of nitrogens with zero attached hydrogens (tertiary/aromatic N) is 2. The molecular formula is C12H18N2OS. The van der Waals surface area contributed by atoms with E-state index in [-0.39, 0.29) is 0 Å². The van der Waals surface area contributed by atoms with Gasteiger partial charge in [0.15, 0.2) is 11.4 Å². The highest BCUT2D eigenvalue weighted by atomic mass is 32.1. The Hall–Kier alpha value is -0.900. The highest BCUT2D eigenvalue weighted by molar-refractivity contribution is 7.17. The molecule has 2 rings (SSSR count). The highest BCUT2D eigenvalue weighted by Gasteiger charge is 2.24. The Bertz CT molecular complexity index is 375. The van der Waals surface area contributed by atoms with Gasteiger partial charge < -0.3 is 4.90 Å². The first-order chi connectivity index (χ1) is 7.78. The summed E-state index contributed by atoms with van der Waals surface area (Å²) in [5, 5.41) is 1.04. The second-order valence-corrected chi connectivity index (χ2v) is 5.30. The van der Waals surface area contributed by atoms with E-state index in [1.54, 1.807) is 11.3 Å². The minimum absolute atomic E-state index is 0.800. The van der Waals surface area contributed by atoms with Gasteiger partial charge in [0.05, 0.1) is 10.6 Å². The van der Waals surface area contributed by atoms with Crippen LogP contribution in [-0.4, -0.2) is 24.4 Å². The Labute approximate surface area is 100 Å². The van der Waals surface area contributed by atoms with E-state index in [0.717, 1.165) is 47.4 Å². The summed E-state index contributed by atoms with van der Waals surface area (Å²) in [5.74, 6) is 0.800. The summed E-state index contributed by atoms with van der Waals surface area (Å²) in [6.07, 6.45) is 4.28. The number of hydrogen-bond donors (Lipinski definition) is 0. The van der Waals surface area contributed by atoms with Gasteiger partial charge in [0, 0.05) is 13.1 Å². The number of carbonyl (C=O) groups excluding carboxylic acids is 1. The smallest absolute Gasteiger partial charge is 0.186 e. The molecule has 88 valence electrons. The summed E-state index contributed by atoms with van der Waals surface area (Å²) >= 11 is 1.54. The van der Waals surface area contributed by atoms with Crippen LogP contribution < -0.4 is 4.90 Å². The molecule has 16 heavy (non-hydrogen) atoms. The van der Waals surface area contributed by atoms with Crippen molar-refractivity contribution in [2.24, 2.45) is 5.92 Å². The van der Waals surface area contributed by atoms with Gasteiger partial charge in [-0.3, -0.25) is 4.79 Å². The van der Waals surface area contributed by atoms with E-state index in [9.17, 15) is 4.79 Å². The monoisotopic (exact) mass is 238 g/mol. The van der Waals surface area contributed by atoms with Crippen LogP contribution in [0.4, 0.5) is 5.13 Å². The molecule has 0 aromatic carbocycles. The zero-order chi connectivity index (χ0) is 11.5. The largest absolute Gasteiger partial charge is 0.348 e. The molecule has 1 fully saturated rings. The third-order valence-electron chi connectivity index (χ3n) is 3.29. The molecule has 0 radical (unpaired) electrons. The second kappa shape index (κ2) is 4.95. The molecule has 1 aliphatic rings. The van der Waals surface area contributed by atoms with Crippen LogP contribution in [0.3, 0.4) is 0 Å².